The monoisotopic (exact) mass is 189 g/mol. The molecule has 0 aromatic rings. The van der Waals surface area contributed by atoms with Gasteiger partial charge in [-0.3, -0.25) is 4.79 Å². The third kappa shape index (κ3) is 1.42. The predicted molar refractivity (Wildman–Crippen MR) is 43.3 cm³/mol. The number of alkyl halides is 2. The summed E-state index contributed by atoms with van der Waals surface area (Å²) in [7, 11) is 0. The molecule has 0 bridgehead atoms. The van der Waals surface area contributed by atoms with Gasteiger partial charge in [-0.1, -0.05) is 0 Å². The summed E-state index contributed by atoms with van der Waals surface area (Å²) >= 11 is 0. The third-order valence-corrected chi connectivity index (χ3v) is 3.18. The van der Waals surface area contributed by atoms with Crippen molar-refractivity contribution in [3.05, 3.63) is 0 Å². The van der Waals surface area contributed by atoms with E-state index in [0.29, 0.717) is 19.4 Å². The Hall–Kier alpha value is -0.670. The van der Waals surface area contributed by atoms with Crippen LogP contribution in [0.2, 0.25) is 0 Å². The summed E-state index contributed by atoms with van der Waals surface area (Å²) in [5.74, 6) is -2.95. The van der Waals surface area contributed by atoms with E-state index < -0.39 is 5.92 Å². The van der Waals surface area contributed by atoms with Crippen LogP contribution in [0.5, 0.6) is 0 Å². The van der Waals surface area contributed by atoms with Gasteiger partial charge in [0.15, 0.2) is 0 Å². The quantitative estimate of drug-likeness (QED) is 0.699. The van der Waals surface area contributed by atoms with E-state index in [9.17, 15) is 13.6 Å². The van der Waals surface area contributed by atoms with Gasteiger partial charge >= 0.3 is 0 Å². The molecule has 74 valence electrons. The van der Waals surface area contributed by atoms with E-state index in [-0.39, 0.29) is 23.7 Å². The van der Waals surface area contributed by atoms with E-state index in [1.807, 2.05) is 0 Å². The van der Waals surface area contributed by atoms with Crippen LogP contribution >= 0.6 is 0 Å². The highest BCUT2D eigenvalue weighted by Crippen LogP contribution is 2.65. The summed E-state index contributed by atoms with van der Waals surface area (Å²) in [5, 5.41) is 2.67. The predicted octanol–water partition coefficient (Wildman–Crippen LogP) is 1.41. The first-order valence-electron chi connectivity index (χ1n) is 4.64. The Morgan fingerprint density at radius 2 is 2.00 bits per heavy atom. The Bertz CT molecular complexity index is 228. The van der Waals surface area contributed by atoms with Crippen molar-refractivity contribution < 1.29 is 13.6 Å². The van der Waals surface area contributed by atoms with E-state index in [0.717, 1.165) is 0 Å². The number of rotatable bonds is 2. The van der Waals surface area contributed by atoms with Crippen LogP contribution < -0.4 is 5.32 Å². The standard InChI is InChI=1S/C9H13F2NO/c1-5(13)12-4-6-2-7-8(3-6)9(7,10)11/h6-8H,2-4H2,1H3,(H,12,13). The average Bonchev–Trinajstić information content (AvgIpc) is 2.51. The Kier molecular flexibility index (Phi) is 1.82. The zero-order chi connectivity index (χ0) is 9.64. The molecule has 2 nitrogen and oxygen atoms in total. The Morgan fingerprint density at radius 3 is 2.46 bits per heavy atom. The molecule has 2 rings (SSSR count). The van der Waals surface area contributed by atoms with Crippen LogP contribution in [0, 0.1) is 17.8 Å². The highest BCUT2D eigenvalue weighted by atomic mass is 19.3. The van der Waals surface area contributed by atoms with Crippen LogP contribution in [0.15, 0.2) is 0 Å². The van der Waals surface area contributed by atoms with Gasteiger partial charge in [-0.2, -0.15) is 0 Å². The minimum atomic E-state index is -2.38. The molecule has 4 heteroatoms. The average molecular weight is 189 g/mol. The van der Waals surface area contributed by atoms with Gasteiger partial charge in [-0.15, -0.1) is 0 Å². The van der Waals surface area contributed by atoms with Crippen LogP contribution in [0.3, 0.4) is 0 Å². The number of amides is 1. The van der Waals surface area contributed by atoms with E-state index in [4.69, 9.17) is 0 Å². The van der Waals surface area contributed by atoms with Crippen molar-refractivity contribution >= 4 is 5.91 Å². The summed E-state index contributed by atoms with van der Waals surface area (Å²) < 4.78 is 25.5. The highest BCUT2D eigenvalue weighted by Gasteiger charge is 2.71. The van der Waals surface area contributed by atoms with Crippen LogP contribution in [-0.4, -0.2) is 18.4 Å². The fourth-order valence-corrected chi connectivity index (χ4v) is 2.37. The van der Waals surface area contributed by atoms with Crippen molar-refractivity contribution in [2.24, 2.45) is 17.8 Å². The molecule has 1 amide bonds. The van der Waals surface area contributed by atoms with Crippen LogP contribution in [0.25, 0.3) is 0 Å². The summed E-state index contributed by atoms with van der Waals surface area (Å²) in [4.78, 5) is 10.6. The fourth-order valence-electron chi connectivity index (χ4n) is 2.37. The number of fused-ring (bicyclic) bond motifs is 1. The maximum Gasteiger partial charge on any atom is 0.254 e. The molecule has 2 aliphatic rings. The number of hydrogen-bond acceptors (Lipinski definition) is 1. The molecule has 2 aliphatic carbocycles. The molecule has 0 aromatic carbocycles. The lowest BCUT2D eigenvalue weighted by Gasteiger charge is -2.13. The van der Waals surface area contributed by atoms with Gasteiger partial charge < -0.3 is 5.32 Å². The third-order valence-electron chi connectivity index (χ3n) is 3.18. The Balaban J connectivity index is 1.75. The molecule has 1 N–H and O–H groups in total. The molecule has 13 heavy (non-hydrogen) atoms. The number of halogens is 2. The van der Waals surface area contributed by atoms with Gasteiger partial charge in [0.25, 0.3) is 5.92 Å². The molecule has 0 spiro atoms. The number of carbonyl (C=O) groups excluding carboxylic acids is 1. The van der Waals surface area contributed by atoms with Crippen molar-refractivity contribution in [2.75, 3.05) is 6.54 Å². The van der Waals surface area contributed by atoms with Crippen molar-refractivity contribution in [1.29, 1.82) is 0 Å². The van der Waals surface area contributed by atoms with E-state index >= 15 is 0 Å². The van der Waals surface area contributed by atoms with Gasteiger partial charge in [0, 0.05) is 25.3 Å². The van der Waals surface area contributed by atoms with Crippen molar-refractivity contribution in [1.82, 2.24) is 5.32 Å². The number of nitrogens with one attached hydrogen (secondary N) is 1. The van der Waals surface area contributed by atoms with Crippen molar-refractivity contribution in [3.63, 3.8) is 0 Å². The lowest BCUT2D eigenvalue weighted by molar-refractivity contribution is -0.119. The molecule has 0 aromatic heterocycles. The second kappa shape index (κ2) is 2.66. The maximum atomic E-state index is 12.7. The van der Waals surface area contributed by atoms with Crippen molar-refractivity contribution in [2.45, 2.75) is 25.7 Å². The number of hydrogen-bond donors (Lipinski definition) is 1. The fraction of sp³-hybridized carbons (Fsp3) is 0.889. The van der Waals surface area contributed by atoms with Gasteiger partial charge in [-0.05, 0) is 18.8 Å². The molecule has 0 saturated heterocycles. The first-order valence-corrected chi connectivity index (χ1v) is 4.64. The number of carbonyl (C=O) groups is 1. The van der Waals surface area contributed by atoms with E-state index in [1.165, 1.54) is 6.92 Å². The van der Waals surface area contributed by atoms with E-state index in [1.54, 1.807) is 0 Å². The Morgan fingerprint density at radius 1 is 1.46 bits per heavy atom. The molecule has 0 aliphatic heterocycles. The van der Waals surface area contributed by atoms with Gasteiger partial charge in [0.2, 0.25) is 5.91 Å². The molecule has 2 fully saturated rings. The lowest BCUT2D eigenvalue weighted by atomic mass is 10.0. The normalized spacial score (nSPS) is 39.8. The van der Waals surface area contributed by atoms with Crippen LogP contribution in [-0.2, 0) is 4.79 Å². The second-order valence-corrected chi connectivity index (χ2v) is 4.16. The minimum Gasteiger partial charge on any atom is -0.356 e. The van der Waals surface area contributed by atoms with Gasteiger partial charge in [-0.25, -0.2) is 8.78 Å². The molecule has 2 unspecified atom stereocenters. The Labute approximate surface area is 75.7 Å². The zero-order valence-corrected chi connectivity index (χ0v) is 7.52. The summed E-state index contributed by atoms with van der Waals surface area (Å²) in [5.41, 5.74) is 0. The SMILES string of the molecule is CC(=O)NCC1CC2C(C1)C2(F)F. The molecule has 0 heterocycles. The molecular formula is C9H13F2NO. The van der Waals surface area contributed by atoms with E-state index in [2.05, 4.69) is 5.32 Å². The van der Waals surface area contributed by atoms with Crippen LogP contribution in [0.1, 0.15) is 19.8 Å². The second-order valence-electron chi connectivity index (χ2n) is 4.16. The summed E-state index contributed by atoms with van der Waals surface area (Å²) in [6, 6.07) is 0. The molecule has 2 atom stereocenters. The van der Waals surface area contributed by atoms with Gasteiger partial charge in [0.05, 0.1) is 0 Å². The van der Waals surface area contributed by atoms with Crippen LogP contribution in [0.4, 0.5) is 8.78 Å². The largest absolute Gasteiger partial charge is 0.356 e. The topological polar surface area (TPSA) is 29.1 Å². The lowest BCUT2D eigenvalue weighted by Crippen LogP contribution is -2.27. The molecular weight excluding hydrogens is 176 g/mol. The minimum absolute atomic E-state index is 0.0765. The summed E-state index contributed by atoms with van der Waals surface area (Å²) in [6.45, 7) is 2.02. The highest BCUT2D eigenvalue weighted by molar-refractivity contribution is 5.72. The first kappa shape index (κ1) is 8.91. The van der Waals surface area contributed by atoms with Gasteiger partial charge in [0.1, 0.15) is 0 Å². The van der Waals surface area contributed by atoms with Crippen molar-refractivity contribution in [3.8, 4) is 0 Å². The molecule has 2 saturated carbocycles. The smallest absolute Gasteiger partial charge is 0.254 e. The zero-order valence-electron chi connectivity index (χ0n) is 7.52. The molecule has 0 radical (unpaired) electrons. The summed E-state index contributed by atoms with van der Waals surface area (Å²) in [6.07, 6.45) is 1.16. The maximum absolute atomic E-state index is 12.7. The first-order chi connectivity index (χ1) is 6.01.